The van der Waals surface area contributed by atoms with Gasteiger partial charge >= 0.3 is 0 Å². The Bertz CT molecular complexity index is 372. The van der Waals surface area contributed by atoms with Crippen LogP contribution in [-0.2, 0) is 6.54 Å². The Balaban J connectivity index is 1.59. The van der Waals surface area contributed by atoms with E-state index in [2.05, 4.69) is 46.2 Å². The highest BCUT2D eigenvalue weighted by molar-refractivity contribution is 8.21. The summed E-state index contributed by atoms with van der Waals surface area (Å²) in [4.78, 5) is 4.16. The zero-order valence-corrected chi connectivity index (χ0v) is 15.8. The van der Waals surface area contributed by atoms with Gasteiger partial charge in [0.25, 0.3) is 0 Å². The van der Waals surface area contributed by atoms with Crippen molar-refractivity contribution in [1.29, 1.82) is 0 Å². The molecule has 0 bridgehead atoms. The minimum atomic E-state index is 0.493. The lowest BCUT2D eigenvalue weighted by Crippen LogP contribution is -2.19. The van der Waals surface area contributed by atoms with Crippen molar-refractivity contribution >= 4 is 23.5 Å². The van der Waals surface area contributed by atoms with Crippen molar-refractivity contribution in [3.8, 4) is 0 Å². The van der Waals surface area contributed by atoms with Gasteiger partial charge in [-0.15, -0.1) is 23.5 Å². The minimum absolute atomic E-state index is 0.493. The molecule has 0 unspecified atom stereocenters. The molecule has 1 fully saturated rings. The first-order chi connectivity index (χ1) is 10.8. The molecule has 0 aromatic carbocycles. The van der Waals surface area contributed by atoms with Gasteiger partial charge in [-0.1, -0.05) is 58.3 Å². The number of aryl methyl sites for hydroxylation is 1. The highest BCUT2D eigenvalue weighted by Crippen LogP contribution is 2.50. The summed E-state index contributed by atoms with van der Waals surface area (Å²) in [5, 5.41) is 0. The van der Waals surface area contributed by atoms with Gasteiger partial charge in [-0.25, -0.2) is 4.98 Å². The number of thioether (sulfide) groups is 2. The predicted molar refractivity (Wildman–Crippen MR) is 102 cm³/mol. The average molecular weight is 341 g/mol. The van der Waals surface area contributed by atoms with Gasteiger partial charge in [0.1, 0.15) is 0 Å². The molecule has 0 atom stereocenters. The van der Waals surface area contributed by atoms with Crippen molar-refractivity contribution in [3.05, 3.63) is 18.7 Å². The number of aromatic nitrogens is 2. The van der Waals surface area contributed by atoms with E-state index in [9.17, 15) is 0 Å². The Morgan fingerprint density at radius 1 is 0.955 bits per heavy atom. The summed E-state index contributed by atoms with van der Waals surface area (Å²) in [7, 11) is 0. The predicted octanol–water partition coefficient (Wildman–Crippen LogP) is 5.98. The first-order valence-corrected chi connectivity index (χ1v) is 11.1. The highest BCUT2D eigenvalue weighted by atomic mass is 32.2. The maximum atomic E-state index is 4.16. The molecule has 0 amide bonds. The molecular formula is C18H32N2S2. The van der Waals surface area contributed by atoms with Gasteiger partial charge < -0.3 is 4.57 Å². The van der Waals surface area contributed by atoms with Crippen LogP contribution < -0.4 is 0 Å². The number of nitrogens with zero attached hydrogens (tertiary/aromatic N) is 2. The maximum Gasteiger partial charge on any atom is 0.0945 e. The second-order valence-corrected chi connectivity index (χ2v) is 9.60. The number of rotatable bonds is 12. The SMILES string of the molecule is CCCCCCCCCCC1(CCn2ccnc2)SCCS1. The van der Waals surface area contributed by atoms with Crippen LogP contribution in [0.4, 0.5) is 0 Å². The van der Waals surface area contributed by atoms with Gasteiger partial charge in [0, 0.05) is 30.4 Å². The highest BCUT2D eigenvalue weighted by Gasteiger charge is 2.34. The summed E-state index contributed by atoms with van der Waals surface area (Å²) >= 11 is 4.43. The molecule has 1 aliphatic heterocycles. The van der Waals surface area contributed by atoms with Crippen molar-refractivity contribution in [2.24, 2.45) is 0 Å². The number of imidazole rings is 1. The van der Waals surface area contributed by atoms with Crippen LogP contribution in [0.3, 0.4) is 0 Å². The lowest BCUT2D eigenvalue weighted by atomic mass is 10.1. The molecule has 1 aromatic heterocycles. The molecule has 126 valence electrons. The first-order valence-electron chi connectivity index (χ1n) is 9.08. The van der Waals surface area contributed by atoms with Crippen molar-refractivity contribution < 1.29 is 0 Å². The van der Waals surface area contributed by atoms with E-state index in [1.165, 1.54) is 75.7 Å². The number of hydrogen-bond acceptors (Lipinski definition) is 3. The van der Waals surface area contributed by atoms with Gasteiger partial charge in [0.05, 0.1) is 10.4 Å². The molecule has 0 spiro atoms. The molecule has 1 aromatic rings. The third-order valence-corrected chi connectivity index (χ3v) is 8.19. The van der Waals surface area contributed by atoms with Crippen LogP contribution in [0.1, 0.15) is 71.1 Å². The summed E-state index contributed by atoms with van der Waals surface area (Å²) in [5.74, 6) is 2.68. The van der Waals surface area contributed by atoms with Gasteiger partial charge in [0.15, 0.2) is 0 Å². The van der Waals surface area contributed by atoms with Gasteiger partial charge in [-0.3, -0.25) is 0 Å². The molecule has 0 radical (unpaired) electrons. The zero-order chi connectivity index (χ0) is 15.5. The summed E-state index contributed by atoms with van der Waals surface area (Å²) in [6.07, 6.45) is 20.0. The average Bonchev–Trinajstić information content (AvgIpc) is 3.20. The standard InChI is InChI=1S/C18H32N2S2/c1-2-3-4-5-6-7-8-9-10-18(21-15-16-22-18)11-13-20-14-12-19-17-20/h12,14,17H,2-11,13,15-16H2,1H3. The molecule has 4 heteroatoms. The Morgan fingerprint density at radius 2 is 1.64 bits per heavy atom. The molecular weight excluding hydrogens is 308 g/mol. The molecule has 2 rings (SSSR count). The normalized spacial score (nSPS) is 17.1. The molecule has 2 nitrogen and oxygen atoms in total. The lowest BCUT2D eigenvalue weighted by Gasteiger charge is -2.27. The smallest absolute Gasteiger partial charge is 0.0945 e. The largest absolute Gasteiger partial charge is 0.337 e. The summed E-state index contributed by atoms with van der Waals surface area (Å²) in [6, 6.07) is 0. The molecule has 22 heavy (non-hydrogen) atoms. The van der Waals surface area contributed by atoms with Crippen LogP contribution in [0.2, 0.25) is 0 Å². The fourth-order valence-corrected chi connectivity index (χ4v) is 6.45. The lowest BCUT2D eigenvalue weighted by molar-refractivity contribution is 0.523. The third kappa shape index (κ3) is 6.57. The quantitative estimate of drug-likeness (QED) is 0.436. The van der Waals surface area contributed by atoms with Gasteiger partial charge in [-0.2, -0.15) is 0 Å². The van der Waals surface area contributed by atoms with Crippen LogP contribution in [0.5, 0.6) is 0 Å². The monoisotopic (exact) mass is 340 g/mol. The zero-order valence-electron chi connectivity index (χ0n) is 14.1. The van der Waals surface area contributed by atoms with E-state index in [0.29, 0.717) is 4.08 Å². The second-order valence-electron chi connectivity index (χ2n) is 6.38. The van der Waals surface area contributed by atoms with E-state index in [1.807, 2.05) is 12.5 Å². The maximum absolute atomic E-state index is 4.16. The Labute approximate surface area is 145 Å². The van der Waals surface area contributed by atoms with Gasteiger partial charge in [0.2, 0.25) is 0 Å². The van der Waals surface area contributed by atoms with Crippen molar-refractivity contribution in [2.75, 3.05) is 11.5 Å². The fourth-order valence-electron chi connectivity index (χ4n) is 3.16. The van der Waals surface area contributed by atoms with E-state index < -0.39 is 0 Å². The third-order valence-electron chi connectivity index (χ3n) is 4.53. The van der Waals surface area contributed by atoms with Crippen LogP contribution in [0, 0.1) is 0 Å². The topological polar surface area (TPSA) is 17.8 Å². The van der Waals surface area contributed by atoms with Crippen molar-refractivity contribution in [1.82, 2.24) is 9.55 Å². The first kappa shape index (κ1) is 18.3. The fraction of sp³-hybridized carbons (Fsp3) is 0.833. The molecule has 1 saturated heterocycles. The summed E-state index contributed by atoms with van der Waals surface area (Å²) < 4.78 is 2.72. The van der Waals surface area contributed by atoms with Gasteiger partial charge in [-0.05, 0) is 12.8 Å². The Morgan fingerprint density at radius 3 is 2.27 bits per heavy atom. The minimum Gasteiger partial charge on any atom is -0.337 e. The molecule has 0 saturated carbocycles. The Kier molecular flexibility index (Phi) is 8.83. The van der Waals surface area contributed by atoms with Crippen molar-refractivity contribution in [3.63, 3.8) is 0 Å². The van der Waals surface area contributed by atoms with E-state index in [0.717, 1.165) is 6.54 Å². The Hall–Kier alpha value is -0.0900. The van der Waals surface area contributed by atoms with Crippen LogP contribution in [-0.4, -0.2) is 25.1 Å². The van der Waals surface area contributed by atoms with Crippen LogP contribution >= 0.6 is 23.5 Å². The van der Waals surface area contributed by atoms with Crippen molar-refractivity contribution in [2.45, 2.75) is 81.8 Å². The summed E-state index contributed by atoms with van der Waals surface area (Å²) in [5.41, 5.74) is 0. The van der Waals surface area contributed by atoms with E-state index >= 15 is 0 Å². The van der Waals surface area contributed by atoms with Crippen LogP contribution in [0.25, 0.3) is 0 Å². The molecule has 0 aliphatic carbocycles. The number of unbranched alkanes of at least 4 members (excludes halogenated alkanes) is 7. The molecule has 0 N–H and O–H groups in total. The molecule has 1 aliphatic rings. The van der Waals surface area contributed by atoms with E-state index in [1.54, 1.807) is 0 Å². The number of hydrogen-bond donors (Lipinski definition) is 0. The molecule has 2 heterocycles. The second kappa shape index (κ2) is 10.6. The van der Waals surface area contributed by atoms with E-state index in [4.69, 9.17) is 0 Å². The summed E-state index contributed by atoms with van der Waals surface area (Å²) in [6.45, 7) is 3.41. The van der Waals surface area contributed by atoms with E-state index in [-0.39, 0.29) is 0 Å². The van der Waals surface area contributed by atoms with Crippen LogP contribution in [0.15, 0.2) is 18.7 Å².